The minimum absolute atomic E-state index is 0.160. The van der Waals surface area contributed by atoms with Gasteiger partial charge in [0, 0.05) is 11.3 Å². The predicted octanol–water partition coefficient (Wildman–Crippen LogP) is 4.09. The van der Waals surface area contributed by atoms with Crippen molar-refractivity contribution in [3.05, 3.63) is 51.9 Å². The molecule has 0 radical (unpaired) electrons. The van der Waals surface area contributed by atoms with Crippen LogP contribution < -0.4 is 5.32 Å². The normalized spacial score (nSPS) is 14.6. The van der Waals surface area contributed by atoms with Gasteiger partial charge in [0.15, 0.2) is 0 Å². The average Bonchev–Trinajstić information content (AvgIpc) is 2.79. The number of thiophene rings is 1. The van der Waals surface area contributed by atoms with Gasteiger partial charge in [-0.05, 0) is 36.8 Å². The first-order valence-electron chi connectivity index (χ1n) is 8.72. The van der Waals surface area contributed by atoms with Crippen molar-refractivity contribution in [2.75, 3.05) is 5.32 Å². The number of rotatable bonds is 5. The van der Waals surface area contributed by atoms with Crippen molar-refractivity contribution in [2.45, 2.75) is 44.4 Å². The Hall–Kier alpha value is -2.65. The fourth-order valence-electron chi connectivity index (χ4n) is 3.35. The highest BCUT2D eigenvalue weighted by Crippen LogP contribution is 2.37. The van der Waals surface area contributed by atoms with Crippen molar-refractivity contribution >= 4 is 28.2 Å². The highest BCUT2D eigenvalue weighted by atomic mass is 32.1. The lowest BCUT2D eigenvalue weighted by Crippen LogP contribution is -2.20. The molecule has 0 bridgehead atoms. The molecule has 2 N–H and O–H groups in total. The van der Waals surface area contributed by atoms with Crippen LogP contribution in [-0.2, 0) is 22.4 Å². The van der Waals surface area contributed by atoms with Crippen LogP contribution in [-0.4, -0.2) is 17.0 Å². The van der Waals surface area contributed by atoms with E-state index < -0.39 is 11.9 Å². The summed E-state index contributed by atoms with van der Waals surface area (Å²) in [5.41, 5.74) is 2.20. The minimum Gasteiger partial charge on any atom is -0.481 e. The van der Waals surface area contributed by atoms with Crippen LogP contribution in [0.2, 0.25) is 0 Å². The van der Waals surface area contributed by atoms with Gasteiger partial charge in [0.1, 0.15) is 11.1 Å². The molecule has 0 unspecified atom stereocenters. The smallest absolute Gasteiger partial charge is 0.311 e. The zero-order valence-corrected chi connectivity index (χ0v) is 15.1. The number of fused-ring (bicyclic) bond motifs is 1. The maximum absolute atomic E-state index is 12.5. The molecular formula is C20H20N2O3S. The summed E-state index contributed by atoms with van der Waals surface area (Å²) in [7, 11) is 0. The summed E-state index contributed by atoms with van der Waals surface area (Å²) in [6.07, 6.45) is 4.96. The summed E-state index contributed by atoms with van der Waals surface area (Å²) in [5.74, 6) is -2.32. The molecule has 0 saturated heterocycles. The monoisotopic (exact) mass is 368 g/mol. The van der Waals surface area contributed by atoms with Crippen LogP contribution >= 0.6 is 11.3 Å². The second-order valence-corrected chi connectivity index (χ2v) is 7.54. The molecule has 1 aromatic heterocycles. The Kier molecular flexibility index (Phi) is 5.69. The third kappa shape index (κ3) is 3.94. The van der Waals surface area contributed by atoms with E-state index in [1.807, 2.05) is 0 Å². The lowest BCUT2D eigenvalue weighted by Gasteiger charge is -2.12. The summed E-state index contributed by atoms with van der Waals surface area (Å²) in [6.45, 7) is 0. The van der Waals surface area contributed by atoms with E-state index in [2.05, 4.69) is 11.4 Å². The Morgan fingerprint density at radius 2 is 1.92 bits per heavy atom. The Morgan fingerprint density at radius 3 is 2.62 bits per heavy atom. The first-order chi connectivity index (χ1) is 12.6. The number of carbonyl (C=O) groups is 2. The molecule has 1 aliphatic rings. The molecule has 0 fully saturated rings. The summed E-state index contributed by atoms with van der Waals surface area (Å²) in [6, 6.07) is 11.0. The fourth-order valence-corrected chi connectivity index (χ4v) is 4.60. The summed E-state index contributed by atoms with van der Waals surface area (Å²) >= 11 is 1.46. The molecule has 1 aromatic carbocycles. The summed E-state index contributed by atoms with van der Waals surface area (Å²) in [4.78, 5) is 25.2. The molecule has 0 spiro atoms. The molecule has 134 valence electrons. The maximum Gasteiger partial charge on any atom is 0.311 e. The number of anilines is 1. The third-order valence-corrected chi connectivity index (χ3v) is 5.88. The first-order valence-corrected chi connectivity index (χ1v) is 9.54. The average molecular weight is 368 g/mol. The highest BCUT2D eigenvalue weighted by molar-refractivity contribution is 7.16. The number of nitrogens with one attached hydrogen (secondary N) is 1. The molecule has 0 saturated carbocycles. The topological polar surface area (TPSA) is 90.2 Å². The van der Waals surface area contributed by atoms with Crippen molar-refractivity contribution in [3.8, 4) is 6.07 Å². The van der Waals surface area contributed by atoms with Gasteiger partial charge < -0.3 is 10.4 Å². The number of carboxylic acid groups (broad SMARTS) is 1. The molecule has 2 aromatic rings. The van der Waals surface area contributed by atoms with Gasteiger partial charge in [0.25, 0.3) is 0 Å². The number of hydrogen-bond donors (Lipinski definition) is 2. The van der Waals surface area contributed by atoms with Gasteiger partial charge in [0.2, 0.25) is 5.91 Å². The van der Waals surface area contributed by atoms with Crippen LogP contribution in [0.5, 0.6) is 0 Å². The van der Waals surface area contributed by atoms with Crippen molar-refractivity contribution in [1.29, 1.82) is 5.26 Å². The van der Waals surface area contributed by atoms with E-state index in [1.165, 1.54) is 16.2 Å². The molecule has 1 amide bonds. The maximum atomic E-state index is 12.5. The van der Waals surface area contributed by atoms with Crippen LogP contribution in [0.25, 0.3) is 0 Å². The number of aryl methyl sites for hydroxylation is 1. The van der Waals surface area contributed by atoms with E-state index in [0.29, 0.717) is 16.1 Å². The molecule has 26 heavy (non-hydrogen) atoms. The minimum atomic E-state index is -1.03. The fraction of sp³-hybridized carbons (Fsp3) is 0.350. The van der Waals surface area contributed by atoms with Crippen LogP contribution in [0.4, 0.5) is 5.00 Å². The van der Waals surface area contributed by atoms with E-state index in [0.717, 1.165) is 37.7 Å². The number of nitriles is 1. The Balaban J connectivity index is 1.78. The largest absolute Gasteiger partial charge is 0.481 e. The molecular weight excluding hydrogens is 348 g/mol. The lowest BCUT2D eigenvalue weighted by molar-refractivity contribution is -0.140. The van der Waals surface area contributed by atoms with Gasteiger partial charge >= 0.3 is 5.97 Å². The van der Waals surface area contributed by atoms with Gasteiger partial charge in [-0.25, -0.2) is 0 Å². The first kappa shape index (κ1) is 18.2. The SMILES string of the molecule is N#Cc1c(NC(=O)C[C@@H](C(=O)O)c2ccccc2)sc2c1CCCCC2. The number of amides is 1. The van der Waals surface area contributed by atoms with Crippen LogP contribution in [0, 0.1) is 11.3 Å². The van der Waals surface area contributed by atoms with E-state index in [1.54, 1.807) is 30.3 Å². The van der Waals surface area contributed by atoms with Crippen molar-refractivity contribution < 1.29 is 14.7 Å². The number of hydrogen-bond acceptors (Lipinski definition) is 4. The van der Waals surface area contributed by atoms with E-state index in [-0.39, 0.29) is 12.3 Å². The Labute approximate surface area is 156 Å². The number of carboxylic acids is 1. The van der Waals surface area contributed by atoms with Crippen LogP contribution in [0.1, 0.15) is 53.2 Å². The number of carbonyl (C=O) groups excluding carboxylic acids is 1. The van der Waals surface area contributed by atoms with Crippen molar-refractivity contribution in [1.82, 2.24) is 0 Å². The zero-order valence-electron chi connectivity index (χ0n) is 14.3. The van der Waals surface area contributed by atoms with Crippen LogP contribution in [0.3, 0.4) is 0 Å². The Morgan fingerprint density at radius 1 is 1.19 bits per heavy atom. The summed E-state index contributed by atoms with van der Waals surface area (Å²) in [5, 5.41) is 22.3. The van der Waals surface area contributed by atoms with E-state index in [9.17, 15) is 20.0 Å². The molecule has 0 aliphatic heterocycles. The second kappa shape index (κ2) is 8.15. The van der Waals surface area contributed by atoms with Crippen LogP contribution in [0.15, 0.2) is 30.3 Å². The zero-order chi connectivity index (χ0) is 18.5. The molecule has 1 heterocycles. The van der Waals surface area contributed by atoms with Gasteiger partial charge in [-0.15, -0.1) is 11.3 Å². The number of nitrogens with zero attached hydrogens (tertiary/aromatic N) is 1. The quantitative estimate of drug-likeness (QED) is 0.778. The number of aliphatic carboxylic acids is 1. The second-order valence-electron chi connectivity index (χ2n) is 6.43. The summed E-state index contributed by atoms with van der Waals surface area (Å²) < 4.78 is 0. The third-order valence-electron chi connectivity index (χ3n) is 4.68. The Bertz CT molecular complexity index is 852. The molecule has 1 aliphatic carbocycles. The van der Waals surface area contributed by atoms with Gasteiger partial charge in [-0.1, -0.05) is 36.8 Å². The highest BCUT2D eigenvalue weighted by Gasteiger charge is 2.25. The van der Waals surface area contributed by atoms with Gasteiger partial charge in [0.05, 0.1) is 11.5 Å². The number of benzene rings is 1. The van der Waals surface area contributed by atoms with Gasteiger partial charge in [-0.3, -0.25) is 9.59 Å². The van der Waals surface area contributed by atoms with E-state index >= 15 is 0 Å². The van der Waals surface area contributed by atoms with Gasteiger partial charge in [-0.2, -0.15) is 5.26 Å². The molecule has 5 nitrogen and oxygen atoms in total. The lowest BCUT2D eigenvalue weighted by atomic mass is 9.95. The molecule has 6 heteroatoms. The standard InChI is InChI=1S/C20H20N2O3S/c21-12-16-14-9-5-2-6-10-17(14)26-19(16)22-18(23)11-15(20(24)25)13-7-3-1-4-8-13/h1,3-4,7-8,15H,2,5-6,9-11H2,(H,22,23)(H,24,25)/t15-/m1/s1. The molecule has 3 rings (SSSR count). The van der Waals surface area contributed by atoms with Crippen molar-refractivity contribution in [3.63, 3.8) is 0 Å². The molecule has 1 atom stereocenters. The van der Waals surface area contributed by atoms with E-state index in [4.69, 9.17) is 0 Å². The van der Waals surface area contributed by atoms with Crippen molar-refractivity contribution in [2.24, 2.45) is 0 Å². The predicted molar refractivity (Wildman–Crippen MR) is 100 cm³/mol.